The highest BCUT2D eigenvalue weighted by molar-refractivity contribution is 7.01. The molecule has 74 heavy (non-hydrogen) atoms. The first kappa shape index (κ1) is 45.9. The first-order chi connectivity index (χ1) is 36.1. The summed E-state index contributed by atoms with van der Waals surface area (Å²) >= 11 is 0. The fourth-order valence-corrected chi connectivity index (χ4v) is 16.1. The van der Waals surface area contributed by atoms with E-state index in [4.69, 9.17) is 0 Å². The molecule has 0 saturated heterocycles. The third-order valence-electron chi connectivity index (χ3n) is 18.9. The second kappa shape index (κ2) is 17.5. The standard InChI is InChI=1S/2C33H27B.C6H14/c2*1-18-15-19(2)32(20(3)16-18)34-28-14-12-23-8-7-22-11-13-25(31(28)30(22)23)27-17-24-10-9-21-5-4-6-26(29(21)24)33(27)34;1-3-5-6-4-2/h2*4-6,11-17H,7-10H2,1-3H3;3-6H2,1-2H3. The summed E-state index contributed by atoms with van der Waals surface area (Å²) in [4.78, 5) is 0. The van der Waals surface area contributed by atoms with Crippen LogP contribution in [0.1, 0.15) is 117 Å². The van der Waals surface area contributed by atoms with Gasteiger partial charge in [0.15, 0.2) is 0 Å². The minimum Gasteiger partial charge on any atom is -0.0660 e. The van der Waals surface area contributed by atoms with Crippen LogP contribution in [0, 0.1) is 41.5 Å². The van der Waals surface area contributed by atoms with E-state index in [1.807, 2.05) is 0 Å². The third kappa shape index (κ3) is 6.75. The Labute approximate surface area is 440 Å². The van der Waals surface area contributed by atoms with E-state index in [-0.39, 0.29) is 13.4 Å². The molecule has 0 saturated carbocycles. The number of hydrogen-bond donors (Lipinski definition) is 0. The lowest BCUT2D eigenvalue weighted by Gasteiger charge is -2.31. The average Bonchev–Trinajstić information content (AvgIpc) is 4.29. The van der Waals surface area contributed by atoms with E-state index in [9.17, 15) is 0 Å². The van der Waals surface area contributed by atoms with Gasteiger partial charge in [-0.2, -0.15) is 0 Å². The van der Waals surface area contributed by atoms with Gasteiger partial charge in [-0.05, 0) is 203 Å². The van der Waals surface area contributed by atoms with Gasteiger partial charge in [0.05, 0.1) is 0 Å². The van der Waals surface area contributed by atoms with Gasteiger partial charge in [-0.1, -0.05) is 227 Å². The van der Waals surface area contributed by atoms with Crippen LogP contribution in [0.15, 0.2) is 121 Å². The summed E-state index contributed by atoms with van der Waals surface area (Å²) in [5.74, 6) is 0. The molecule has 16 rings (SSSR count). The highest BCUT2D eigenvalue weighted by atomic mass is 14.3. The highest BCUT2D eigenvalue weighted by Gasteiger charge is 2.40. The highest BCUT2D eigenvalue weighted by Crippen LogP contribution is 2.44. The van der Waals surface area contributed by atoms with E-state index in [0.717, 1.165) is 0 Å². The van der Waals surface area contributed by atoms with Crippen LogP contribution in [0.4, 0.5) is 0 Å². The van der Waals surface area contributed by atoms with Crippen LogP contribution in [0.3, 0.4) is 0 Å². The lowest BCUT2D eigenvalue weighted by molar-refractivity contribution is 0.702. The van der Waals surface area contributed by atoms with Gasteiger partial charge in [-0.15, -0.1) is 0 Å². The molecule has 0 atom stereocenters. The molecule has 0 unspecified atom stereocenters. The van der Waals surface area contributed by atoms with E-state index in [0.29, 0.717) is 0 Å². The minimum atomic E-state index is 0.276. The lowest BCUT2D eigenvalue weighted by atomic mass is 9.32. The van der Waals surface area contributed by atoms with Gasteiger partial charge in [0.25, 0.3) is 0 Å². The zero-order valence-corrected chi connectivity index (χ0v) is 45.2. The van der Waals surface area contributed by atoms with Crippen LogP contribution < -0.4 is 32.8 Å². The van der Waals surface area contributed by atoms with Crippen molar-refractivity contribution < 1.29 is 0 Å². The SMILES string of the molecule is CCCCCC.Cc1cc(C)c(B2c3c(cc4c5c(cccc35)CC4)-c3ccc4c5c(ccc2c35)CC4)c(C)c1.Cc1cc(C)c(B2c3c(cc4c5c(cccc35)CC4)-c3ccc4c5c(ccc2c35)CC4)c(C)c1. The molecule has 0 amide bonds. The third-order valence-corrected chi connectivity index (χ3v) is 18.9. The predicted octanol–water partition coefficient (Wildman–Crippen LogP) is 13.8. The summed E-state index contributed by atoms with van der Waals surface area (Å²) in [6.07, 6.45) is 15.0. The number of hydrogen-bond acceptors (Lipinski definition) is 0. The normalized spacial score (nSPS) is 14.5. The first-order valence-electron chi connectivity index (χ1n) is 28.6. The molecule has 2 heterocycles. The Morgan fingerprint density at radius 1 is 0.311 bits per heavy atom. The number of unbranched alkanes of at least 4 members (excludes halogenated alkanes) is 3. The number of fused-ring (bicyclic) bond motifs is 6. The summed E-state index contributed by atoms with van der Waals surface area (Å²) in [5.41, 5.74) is 35.7. The Bertz CT molecular complexity index is 3740. The quantitative estimate of drug-likeness (QED) is 0.119. The molecule has 362 valence electrons. The van der Waals surface area contributed by atoms with E-state index >= 15 is 0 Å². The summed E-state index contributed by atoms with van der Waals surface area (Å²) in [6.45, 7) is 18.8. The van der Waals surface area contributed by atoms with Crippen molar-refractivity contribution in [2.45, 2.75) is 132 Å². The van der Waals surface area contributed by atoms with E-state index in [2.05, 4.69) is 177 Å². The van der Waals surface area contributed by atoms with E-state index < -0.39 is 0 Å². The molecule has 2 aliphatic heterocycles. The number of rotatable bonds is 5. The Balaban J connectivity index is 0.000000123. The molecule has 0 bridgehead atoms. The first-order valence-corrected chi connectivity index (χ1v) is 28.6. The summed E-state index contributed by atoms with van der Waals surface area (Å²) in [5, 5.41) is 12.2. The van der Waals surface area contributed by atoms with Crippen molar-refractivity contribution in [3.8, 4) is 22.3 Å². The van der Waals surface area contributed by atoms with Crippen LogP contribution in [0.2, 0.25) is 0 Å². The molecular weight excluding hydrogens is 886 g/mol. The van der Waals surface area contributed by atoms with Crippen LogP contribution in [-0.2, 0) is 51.4 Å². The van der Waals surface area contributed by atoms with Gasteiger partial charge in [0.2, 0.25) is 13.4 Å². The van der Waals surface area contributed by atoms with E-state index in [1.54, 1.807) is 44.2 Å². The molecule has 10 aromatic rings. The number of aryl methyl sites for hydroxylation is 14. The Morgan fingerprint density at radius 2 is 0.649 bits per heavy atom. The van der Waals surface area contributed by atoms with Gasteiger partial charge >= 0.3 is 0 Å². The lowest BCUT2D eigenvalue weighted by Crippen LogP contribution is -2.56. The average molecular weight is 955 g/mol. The molecule has 0 radical (unpaired) electrons. The zero-order valence-electron chi connectivity index (χ0n) is 45.2. The molecule has 10 aromatic carbocycles. The van der Waals surface area contributed by atoms with Crippen LogP contribution in [0.25, 0.3) is 65.3 Å². The van der Waals surface area contributed by atoms with Crippen molar-refractivity contribution in [2.75, 3.05) is 0 Å². The maximum atomic E-state index is 2.57. The van der Waals surface area contributed by atoms with Crippen LogP contribution in [0.5, 0.6) is 0 Å². The van der Waals surface area contributed by atoms with Gasteiger partial charge in [0.1, 0.15) is 0 Å². The van der Waals surface area contributed by atoms with Crippen LogP contribution in [-0.4, -0.2) is 13.4 Å². The molecule has 6 aliphatic rings. The van der Waals surface area contributed by atoms with Crippen molar-refractivity contribution in [1.29, 1.82) is 0 Å². The van der Waals surface area contributed by atoms with Crippen molar-refractivity contribution in [3.63, 3.8) is 0 Å². The van der Waals surface area contributed by atoms with Crippen molar-refractivity contribution in [2.24, 2.45) is 0 Å². The second-order valence-electron chi connectivity index (χ2n) is 23.5. The van der Waals surface area contributed by atoms with E-state index in [1.165, 1.54) is 209 Å². The molecule has 0 fully saturated rings. The maximum Gasteiger partial charge on any atom is 0.244 e. The molecular formula is C72H68B2. The van der Waals surface area contributed by atoms with Crippen LogP contribution >= 0.6 is 0 Å². The smallest absolute Gasteiger partial charge is 0.0660 e. The molecule has 2 heteroatoms. The minimum absolute atomic E-state index is 0.276. The second-order valence-corrected chi connectivity index (χ2v) is 23.5. The summed E-state index contributed by atoms with van der Waals surface area (Å²) in [6, 6.07) is 48.3. The molecule has 0 nitrogen and oxygen atoms in total. The largest absolute Gasteiger partial charge is 0.244 e. The predicted molar refractivity (Wildman–Crippen MR) is 324 cm³/mol. The summed E-state index contributed by atoms with van der Waals surface area (Å²) < 4.78 is 0. The number of benzene rings is 10. The fourth-order valence-electron chi connectivity index (χ4n) is 16.1. The Morgan fingerprint density at radius 3 is 1.01 bits per heavy atom. The topological polar surface area (TPSA) is 0 Å². The van der Waals surface area contributed by atoms with Crippen molar-refractivity contribution in [1.82, 2.24) is 0 Å². The van der Waals surface area contributed by atoms with Gasteiger partial charge in [-0.3, -0.25) is 0 Å². The van der Waals surface area contributed by atoms with Gasteiger partial charge in [-0.25, -0.2) is 0 Å². The van der Waals surface area contributed by atoms with Crippen molar-refractivity contribution in [3.05, 3.63) is 199 Å². The van der Waals surface area contributed by atoms with Crippen molar-refractivity contribution >= 4 is 89.3 Å². The fraction of sp³-hybridized carbons (Fsp3) is 0.278. The van der Waals surface area contributed by atoms with Gasteiger partial charge < -0.3 is 0 Å². The molecule has 0 aromatic heterocycles. The zero-order chi connectivity index (χ0) is 50.3. The molecule has 4 aliphatic carbocycles. The maximum absolute atomic E-state index is 2.57. The summed E-state index contributed by atoms with van der Waals surface area (Å²) in [7, 11) is 0. The molecule has 0 N–H and O–H groups in total. The molecule has 0 spiro atoms. The Hall–Kier alpha value is -6.63. The Kier molecular flexibility index (Phi) is 10.9. The monoisotopic (exact) mass is 955 g/mol. The van der Waals surface area contributed by atoms with Gasteiger partial charge in [0, 0.05) is 0 Å².